The highest BCUT2D eigenvalue weighted by Gasteiger charge is 2.30. The molecule has 1 saturated carbocycles. The van der Waals surface area contributed by atoms with E-state index in [9.17, 15) is 14.3 Å². The Kier molecular flexibility index (Phi) is 2.82. The molecule has 1 heterocycles. The van der Waals surface area contributed by atoms with Gasteiger partial charge in [0.25, 0.3) is 0 Å². The van der Waals surface area contributed by atoms with Gasteiger partial charge >= 0.3 is 5.97 Å². The van der Waals surface area contributed by atoms with Gasteiger partial charge in [0.05, 0.1) is 5.69 Å². The average molecular weight is 280 g/mol. The molecule has 0 aliphatic heterocycles. The number of rotatable bonds is 3. The number of benzene rings is 1. The molecular formula is C14H11ClFNO2. The fraction of sp³-hybridized carbons (Fsp3) is 0.214. The molecule has 0 bridgehead atoms. The lowest BCUT2D eigenvalue weighted by Gasteiger charge is -2.11. The molecule has 0 spiro atoms. The summed E-state index contributed by atoms with van der Waals surface area (Å²) in [5, 5.41) is 9.50. The average Bonchev–Trinajstić information content (AvgIpc) is 3.08. The fourth-order valence-electron chi connectivity index (χ4n) is 2.27. The Hall–Kier alpha value is -1.81. The van der Waals surface area contributed by atoms with Gasteiger partial charge in [-0.15, -0.1) is 0 Å². The first kappa shape index (κ1) is 12.2. The Morgan fingerprint density at radius 1 is 1.32 bits per heavy atom. The maximum Gasteiger partial charge on any atom is 0.352 e. The van der Waals surface area contributed by atoms with Gasteiger partial charge in [-0.05, 0) is 43.2 Å². The van der Waals surface area contributed by atoms with E-state index in [1.54, 1.807) is 22.8 Å². The van der Waals surface area contributed by atoms with Crippen LogP contribution < -0.4 is 0 Å². The van der Waals surface area contributed by atoms with Crippen molar-refractivity contribution in [1.29, 1.82) is 0 Å². The molecule has 1 aromatic heterocycles. The lowest BCUT2D eigenvalue weighted by Crippen LogP contribution is -2.08. The predicted molar refractivity (Wildman–Crippen MR) is 70.1 cm³/mol. The van der Waals surface area contributed by atoms with E-state index in [-0.39, 0.29) is 11.7 Å². The van der Waals surface area contributed by atoms with Crippen LogP contribution in [0.5, 0.6) is 0 Å². The number of aromatic nitrogens is 1. The summed E-state index contributed by atoms with van der Waals surface area (Å²) in [7, 11) is 0. The number of carboxylic acids is 1. The number of hydrogen-bond donors (Lipinski definition) is 1. The van der Waals surface area contributed by atoms with Gasteiger partial charge in [-0.2, -0.15) is 0 Å². The van der Waals surface area contributed by atoms with Crippen LogP contribution in [0.15, 0.2) is 30.3 Å². The zero-order valence-electron chi connectivity index (χ0n) is 9.94. The SMILES string of the molecule is O=C(O)c1ccc(-c2ccc(Cl)cc2F)n1C1CC1. The van der Waals surface area contributed by atoms with Crippen molar-refractivity contribution in [2.45, 2.75) is 18.9 Å². The van der Waals surface area contributed by atoms with Crippen LogP contribution in [-0.2, 0) is 0 Å². The Balaban J connectivity index is 2.17. The number of carbonyl (C=O) groups is 1. The lowest BCUT2D eigenvalue weighted by molar-refractivity contribution is 0.0685. The summed E-state index contributed by atoms with van der Waals surface area (Å²) < 4.78 is 15.7. The molecule has 3 rings (SSSR count). The van der Waals surface area contributed by atoms with Gasteiger partial charge in [-0.3, -0.25) is 0 Å². The molecule has 1 N–H and O–H groups in total. The van der Waals surface area contributed by atoms with Crippen molar-refractivity contribution in [2.75, 3.05) is 0 Å². The second-order valence-electron chi connectivity index (χ2n) is 4.63. The molecule has 0 atom stereocenters. The molecule has 1 aliphatic carbocycles. The highest BCUT2D eigenvalue weighted by molar-refractivity contribution is 6.30. The van der Waals surface area contributed by atoms with Crippen LogP contribution >= 0.6 is 11.6 Å². The van der Waals surface area contributed by atoms with Crippen molar-refractivity contribution < 1.29 is 14.3 Å². The summed E-state index contributed by atoms with van der Waals surface area (Å²) in [6.07, 6.45) is 1.86. The third-order valence-corrected chi connectivity index (χ3v) is 3.49. The minimum Gasteiger partial charge on any atom is -0.477 e. The van der Waals surface area contributed by atoms with E-state index in [0.29, 0.717) is 16.3 Å². The smallest absolute Gasteiger partial charge is 0.352 e. The van der Waals surface area contributed by atoms with Gasteiger partial charge in [0, 0.05) is 16.6 Å². The molecule has 0 saturated heterocycles. The maximum absolute atomic E-state index is 14.0. The van der Waals surface area contributed by atoms with E-state index in [0.717, 1.165) is 12.8 Å². The molecule has 0 amide bonds. The van der Waals surface area contributed by atoms with Crippen molar-refractivity contribution in [3.8, 4) is 11.3 Å². The summed E-state index contributed by atoms with van der Waals surface area (Å²) in [4.78, 5) is 11.2. The second-order valence-corrected chi connectivity index (χ2v) is 5.07. The molecule has 0 radical (unpaired) electrons. The molecular weight excluding hydrogens is 269 g/mol. The Morgan fingerprint density at radius 3 is 2.63 bits per heavy atom. The van der Waals surface area contributed by atoms with Crippen molar-refractivity contribution >= 4 is 17.6 Å². The van der Waals surface area contributed by atoms with Crippen LogP contribution in [-0.4, -0.2) is 15.6 Å². The minimum atomic E-state index is -0.993. The summed E-state index contributed by atoms with van der Waals surface area (Å²) in [6.45, 7) is 0. The van der Waals surface area contributed by atoms with E-state index in [2.05, 4.69) is 0 Å². The molecule has 1 aromatic carbocycles. The quantitative estimate of drug-likeness (QED) is 0.923. The lowest BCUT2D eigenvalue weighted by atomic mass is 10.1. The molecule has 19 heavy (non-hydrogen) atoms. The number of aromatic carboxylic acids is 1. The largest absolute Gasteiger partial charge is 0.477 e. The standard InChI is InChI=1S/C14H11ClFNO2/c15-8-1-4-10(11(16)7-8)12-5-6-13(14(18)19)17(12)9-2-3-9/h1,4-7,9H,2-3H2,(H,18,19). The highest BCUT2D eigenvalue weighted by atomic mass is 35.5. The number of hydrogen-bond acceptors (Lipinski definition) is 1. The van der Waals surface area contributed by atoms with E-state index >= 15 is 0 Å². The number of nitrogens with zero attached hydrogens (tertiary/aromatic N) is 1. The van der Waals surface area contributed by atoms with Gasteiger partial charge in [-0.1, -0.05) is 11.6 Å². The molecule has 98 valence electrons. The van der Waals surface area contributed by atoms with Crippen LogP contribution in [0.3, 0.4) is 0 Å². The molecule has 0 unspecified atom stereocenters. The van der Waals surface area contributed by atoms with E-state index in [1.165, 1.54) is 12.1 Å². The van der Waals surface area contributed by atoms with E-state index in [4.69, 9.17) is 11.6 Å². The molecule has 1 aliphatic rings. The zero-order chi connectivity index (χ0) is 13.6. The van der Waals surface area contributed by atoms with Crippen LogP contribution in [0, 0.1) is 5.82 Å². The Labute approximate surface area is 114 Å². The van der Waals surface area contributed by atoms with Crippen molar-refractivity contribution in [3.05, 3.63) is 46.9 Å². The van der Waals surface area contributed by atoms with Crippen LogP contribution in [0.25, 0.3) is 11.3 Å². The van der Waals surface area contributed by atoms with E-state index in [1.807, 2.05) is 0 Å². The third kappa shape index (κ3) is 2.12. The van der Waals surface area contributed by atoms with E-state index < -0.39 is 11.8 Å². The monoisotopic (exact) mass is 279 g/mol. The fourth-order valence-corrected chi connectivity index (χ4v) is 2.42. The van der Waals surface area contributed by atoms with Crippen LogP contribution in [0.4, 0.5) is 4.39 Å². The summed E-state index contributed by atoms with van der Waals surface area (Å²) in [5.41, 5.74) is 1.17. The van der Waals surface area contributed by atoms with Crippen molar-refractivity contribution in [1.82, 2.24) is 4.57 Å². The number of halogens is 2. The molecule has 3 nitrogen and oxygen atoms in total. The van der Waals surface area contributed by atoms with Crippen LogP contribution in [0.1, 0.15) is 29.4 Å². The normalized spacial score (nSPS) is 14.6. The minimum absolute atomic E-state index is 0.158. The second kappa shape index (κ2) is 4.38. The summed E-state index contributed by atoms with van der Waals surface area (Å²) in [6, 6.07) is 7.74. The predicted octanol–water partition coefficient (Wildman–Crippen LogP) is 3.98. The first-order valence-electron chi connectivity index (χ1n) is 5.98. The van der Waals surface area contributed by atoms with Crippen molar-refractivity contribution in [3.63, 3.8) is 0 Å². The first-order valence-corrected chi connectivity index (χ1v) is 6.35. The van der Waals surface area contributed by atoms with Crippen molar-refractivity contribution in [2.24, 2.45) is 0 Å². The highest BCUT2D eigenvalue weighted by Crippen LogP contribution is 2.41. The van der Waals surface area contributed by atoms with Crippen LogP contribution in [0.2, 0.25) is 5.02 Å². The van der Waals surface area contributed by atoms with Gasteiger partial charge < -0.3 is 9.67 Å². The number of carboxylic acid groups (broad SMARTS) is 1. The topological polar surface area (TPSA) is 42.2 Å². The van der Waals surface area contributed by atoms with Gasteiger partial charge in [0.1, 0.15) is 11.5 Å². The zero-order valence-corrected chi connectivity index (χ0v) is 10.7. The van der Waals surface area contributed by atoms with Gasteiger partial charge in [-0.25, -0.2) is 9.18 Å². The van der Waals surface area contributed by atoms with Gasteiger partial charge in [0.2, 0.25) is 0 Å². The molecule has 5 heteroatoms. The Morgan fingerprint density at radius 2 is 2.05 bits per heavy atom. The maximum atomic E-state index is 14.0. The first-order chi connectivity index (χ1) is 9.08. The third-order valence-electron chi connectivity index (χ3n) is 3.26. The summed E-state index contributed by atoms with van der Waals surface area (Å²) in [5.74, 6) is -1.43. The summed E-state index contributed by atoms with van der Waals surface area (Å²) >= 11 is 5.73. The molecule has 1 fully saturated rings. The molecule has 2 aromatic rings. The van der Waals surface area contributed by atoms with Gasteiger partial charge in [0.15, 0.2) is 0 Å². The Bertz CT molecular complexity index is 661.